The molecule has 0 spiro atoms. The van der Waals surface area contributed by atoms with E-state index in [0.29, 0.717) is 9.90 Å². The van der Waals surface area contributed by atoms with E-state index in [2.05, 4.69) is 0 Å². The molecule has 0 fully saturated rings. The first-order valence-electron chi connectivity index (χ1n) is 8.81. The number of ether oxygens (including phenoxy) is 1. The number of aliphatic hydroxyl groups excluding tert-OH is 1. The molecule has 1 unspecified atom stereocenters. The van der Waals surface area contributed by atoms with Gasteiger partial charge in [-0.2, -0.15) is 0 Å². The molecule has 30 heavy (non-hydrogen) atoms. The Bertz CT molecular complexity index is 1070. The van der Waals surface area contributed by atoms with Gasteiger partial charge in [-0.1, -0.05) is 64.9 Å². The molecule has 0 radical (unpaired) electrons. The molecule has 0 aliphatic rings. The number of aliphatic hydroxyl groups is 1. The lowest BCUT2D eigenvalue weighted by molar-refractivity contribution is 0.0965. The number of anilines is 1. The third-order valence-electron chi connectivity index (χ3n) is 4.26. The second-order valence-corrected chi connectivity index (χ2v) is 8.21. The Labute approximate surface area is 186 Å². The van der Waals surface area contributed by atoms with Crippen molar-refractivity contribution in [2.75, 3.05) is 11.5 Å². The first-order valence-corrected chi connectivity index (χ1v) is 10.4. The van der Waals surface area contributed by atoms with E-state index in [1.165, 1.54) is 23.1 Å². The molecule has 1 aromatic heterocycles. The van der Waals surface area contributed by atoms with E-state index in [1.807, 2.05) is 30.3 Å². The zero-order chi connectivity index (χ0) is 21.8. The van der Waals surface area contributed by atoms with Crippen LogP contribution in [0.15, 0.2) is 54.6 Å². The Morgan fingerprint density at radius 1 is 1.13 bits per heavy atom. The Balaban J connectivity index is 2.14. The average molecular weight is 466 g/mol. The molecule has 6 nitrogen and oxygen atoms in total. The van der Waals surface area contributed by atoms with Crippen molar-refractivity contribution in [3.05, 3.63) is 70.2 Å². The van der Waals surface area contributed by atoms with Crippen molar-refractivity contribution in [3.8, 4) is 15.5 Å². The first kappa shape index (κ1) is 22.1. The van der Waals surface area contributed by atoms with Crippen molar-refractivity contribution in [2.24, 2.45) is 0 Å². The highest BCUT2D eigenvalue weighted by Gasteiger charge is 2.30. The van der Waals surface area contributed by atoms with E-state index in [4.69, 9.17) is 27.9 Å². The number of hydrogen-bond donors (Lipinski definition) is 2. The van der Waals surface area contributed by atoms with Crippen LogP contribution in [0.2, 0.25) is 10.0 Å². The van der Waals surface area contributed by atoms with Gasteiger partial charge in [-0.3, -0.25) is 9.69 Å². The van der Waals surface area contributed by atoms with Crippen LogP contribution in [0.4, 0.5) is 10.5 Å². The summed E-state index contributed by atoms with van der Waals surface area (Å²) in [5.74, 6) is -0.522. The summed E-state index contributed by atoms with van der Waals surface area (Å²) in [5, 5.41) is 19.5. The maximum Gasteiger partial charge on any atom is 0.512 e. The van der Waals surface area contributed by atoms with E-state index in [1.54, 1.807) is 13.0 Å². The number of hydrogen-bond acceptors (Lipinski definition) is 5. The van der Waals surface area contributed by atoms with E-state index in [0.717, 1.165) is 16.9 Å². The normalized spacial score (nSPS) is 11.7. The lowest BCUT2D eigenvalue weighted by Gasteiger charge is -2.28. The van der Waals surface area contributed by atoms with Crippen LogP contribution in [-0.2, 0) is 0 Å². The van der Waals surface area contributed by atoms with Gasteiger partial charge in [-0.15, -0.1) is 0 Å². The molecule has 1 atom stereocenters. The minimum atomic E-state index is -1.51. The zero-order valence-electron chi connectivity index (χ0n) is 15.7. The third-order valence-corrected chi connectivity index (χ3v) is 5.86. The van der Waals surface area contributed by atoms with Gasteiger partial charge in [0.05, 0.1) is 28.9 Å². The fourth-order valence-electron chi connectivity index (χ4n) is 2.85. The van der Waals surface area contributed by atoms with Crippen molar-refractivity contribution >= 4 is 52.3 Å². The van der Waals surface area contributed by atoms with Gasteiger partial charge in [0.2, 0.25) is 5.06 Å². The molecule has 0 saturated carbocycles. The van der Waals surface area contributed by atoms with Gasteiger partial charge in [0.15, 0.2) is 0 Å². The Kier molecular flexibility index (Phi) is 6.99. The molecule has 0 bridgehead atoms. The minimum Gasteiger partial charge on any atom is -0.449 e. The minimum absolute atomic E-state index is 0.0140. The predicted molar refractivity (Wildman–Crippen MR) is 118 cm³/mol. The summed E-state index contributed by atoms with van der Waals surface area (Å²) in [6, 6.07) is 14.7. The predicted octanol–water partition coefficient (Wildman–Crippen LogP) is 5.81. The van der Waals surface area contributed by atoms with Crippen LogP contribution in [0.3, 0.4) is 0 Å². The fourth-order valence-corrected chi connectivity index (χ4v) is 4.34. The van der Waals surface area contributed by atoms with E-state index in [9.17, 15) is 19.8 Å². The third kappa shape index (κ3) is 4.76. The number of rotatable bonds is 6. The van der Waals surface area contributed by atoms with Crippen LogP contribution < -0.4 is 9.64 Å². The number of halogens is 2. The maximum atomic E-state index is 13.4. The molecule has 0 saturated heterocycles. The standard InChI is InChI=1S/C21H17Cl2NO5S/c1-12(11-25)24(19(26)15-8-7-14(22)9-16(15)23)17-10-18(13-5-3-2-4-6-13)30-20(17)29-21(27)28/h2-10,12,25H,11H2,1H3,(H,27,28). The number of thiophene rings is 1. The van der Waals surface area contributed by atoms with Gasteiger partial charge in [-0.25, -0.2) is 4.79 Å². The van der Waals surface area contributed by atoms with Crippen LogP contribution in [0.25, 0.3) is 10.4 Å². The van der Waals surface area contributed by atoms with Gasteiger partial charge in [0.25, 0.3) is 5.91 Å². The van der Waals surface area contributed by atoms with E-state index < -0.39 is 18.1 Å². The largest absolute Gasteiger partial charge is 0.512 e. The molecular formula is C21H17Cl2NO5S. The second-order valence-electron chi connectivity index (χ2n) is 6.35. The number of amides is 1. The fraction of sp³-hybridized carbons (Fsp3) is 0.143. The summed E-state index contributed by atoms with van der Waals surface area (Å²) in [5.41, 5.74) is 1.21. The quantitative estimate of drug-likeness (QED) is 0.448. The van der Waals surface area contributed by atoms with E-state index >= 15 is 0 Å². The topological polar surface area (TPSA) is 87.1 Å². The van der Waals surface area contributed by atoms with Crippen LogP contribution in [0, 0.1) is 0 Å². The molecule has 1 amide bonds. The molecule has 0 aliphatic heterocycles. The van der Waals surface area contributed by atoms with Crippen molar-refractivity contribution in [1.82, 2.24) is 0 Å². The van der Waals surface area contributed by atoms with Crippen molar-refractivity contribution in [3.63, 3.8) is 0 Å². The average Bonchev–Trinajstić information content (AvgIpc) is 3.11. The summed E-state index contributed by atoms with van der Waals surface area (Å²) in [6.07, 6.45) is -1.51. The molecule has 2 N–H and O–H groups in total. The van der Waals surface area contributed by atoms with Gasteiger partial charge < -0.3 is 14.9 Å². The lowest BCUT2D eigenvalue weighted by Crippen LogP contribution is -2.41. The summed E-state index contributed by atoms with van der Waals surface area (Å²) < 4.78 is 4.96. The van der Waals surface area contributed by atoms with Gasteiger partial charge >= 0.3 is 6.16 Å². The van der Waals surface area contributed by atoms with Crippen molar-refractivity contribution in [2.45, 2.75) is 13.0 Å². The molecule has 3 rings (SSSR count). The number of carbonyl (C=O) groups is 2. The van der Waals surface area contributed by atoms with Crippen LogP contribution in [0.5, 0.6) is 5.06 Å². The lowest BCUT2D eigenvalue weighted by atomic mass is 10.1. The Morgan fingerprint density at radius 3 is 2.43 bits per heavy atom. The summed E-state index contributed by atoms with van der Waals surface area (Å²) >= 11 is 13.2. The van der Waals surface area contributed by atoms with Gasteiger partial charge in [0, 0.05) is 9.90 Å². The Morgan fingerprint density at radius 2 is 1.83 bits per heavy atom. The van der Waals surface area contributed by atoms with Gasteiger partial charge in [-0.05, 0) is 36.8 Å². The molecular weight excluding hydrogens is 449 g/mol. The van der Waals surface area contributed by atoms with Crippen molar-refractivity contribution in [1.29, 1.82) is 0 Å². The molecule has 156 valence electrons. The second kappa shape index (κ2) is 9.49. The molecule has 2 aromatic carbocycles. The van der Waals surface area contributed by atoms with Crippen LogP contribution >= 0.6 is 34.5 Å². The highest BCUT2D eigenvalue weighted by atomic mass is 35.5. The molecule has 1 heterocycles. The zero-order valence-corrected chi connectivity index (χ0v) is 18.0. The SMILES string of the molecule is CC(CO)N(C(=O)c1ccc(Cl)cc1Cl)c1cc(-c2ccccc2)sc1OC(=O)O. The number of nitrogens with zero attached hydrogens (tertiary/aromatic N) is 1. The highest BCUT2D eigenvalue weighted by molar-refractivity contribution is 7.18. The number of carboxylic acid groups (broad SMARTS) is 1. The monoisotopic (exact) mass is 465 g/mol. The summed E-state index contributed by atoms with van der Waals surface area (Å²) in [4.78, 5) is 26.6. The Hall–Kier alpha value is -2.58. The van der Waals surface area contributed by atoms with Crippen LogP contribution in [-0.4, -0.2) is 34.9 Å². The van der Waals surface area contributed by atoms with Crippen molar-refractivity contribution < 1.29 is 24.5 Å². The highest BCUT2D eigenvalue weighted by Crippen LogP contribution is 2.44. The maximum absolute atomic E-state index is 13.4. The molecule has 9 heteroatoms. The summed E-state index contributed by atoms with van der Waals surface area (Å²) in [6.45, 7) is 1.27. The van der Waals surface area contributed by atoms with E-state index in [-0.39, 0.29) is 27.9 Å². The van der Waals surface area contributed by atoms with Crippen LogP contribution in [0.1, 0.15) is 17.3 Å². The number of benzene rings is 2. The first-order chi connectivity index (χ1) is 14.3. The smallest absolute Gasteiger partial charge is 0.449 e. The number of carbonyl (C=O) groups excluding carboxylic acids is 1. The van der Waals surface area contributed by atoms with Gasteiger partial charge in [0.1, 0.15) is 0 Å². The molecule has 0 aliphatic carbocycles. The summed E-state index contributed by atoms with van der Waals surface area (Å²) in [7, 11) is 0. The molecule has 3 aromatic rings.